The topological polar surface area (TPSA) is 12.5 Å². The van der Waals surface area contributed by atoms with Crippen molar-refractivity contribution in [2.75, 3.05) is 11.4 Å². The number of allylic oxidation sites excluding steroid dienone is 3. The van der Waals surface area contributed by atoms with Gasteiger partial charge in [0.25, 0.3) is 0 Å². The third-order valence-corrected chi connectivity index (χ3v) is 3.13. The molecule has 86 valence electrons. The highest BCUT2D eigenvalue weighted by Gasteiger charge is 2.26. The van der Waals surface area contributed by atoms with Crippen molar-refractivity contribution in [3.05, 3.63) is 60.0 Å². The smallest absolute Gasteiger partial charge is 0.151 e. The standard InChI is InChI=1S/C15H15NO/c1-3-16-12-6-4-5-7-14(12)17-15-10-11(2)8-9-13(15)16/h4-7,9-10H,2-3,8H2,1H3. The summed E-state index contributed by atoms with van der Waals surface area (Å²) >= 11 is 0. The quantitative estimate of drug-likeness (QED) is 0.723. The molecule has 0 aromatic heterocycles. The van der Waals surface area contributed by atoms with Gasteiger partial charge in [0, 0.05) is 6.54 Å². The van der Waals surface area contributed by atoms with Crippen LogP contribution in [0.5, 0.6) is 5.75 Å². The van der Waals surface area contributed by atoms with Crippen molar-refractivity contribution in [3.63, 3.8) is 0 Å². The summed E-state index contributed by atoms with van der Waals surface area (Å²) in [6.07, 6.45) is 5.13. The van der Waals surface area contributed by atoms with Crippen LogP contribution in [0, 0.1) is 0 Å². The fourth-order valence-electron chi connectivity index (χ4n) is 2.33. The van der Waals surface area contributed by atoms with Gasteiger partial charge in [-0.1, -0.05) is 24.8 Å². The van der Waals surface area contributed by atoms with Gasteiger partial charge in [-0.15, -0.1) is 0 Å². The molecule has 2 nitrogen and oxygen atoms in total. The minimum atomic E-state index is 0.904. The molecule has 1 aliphatic heterocycles. The van der Waals surface area contributed by atoms with Crippen LogP contribution in [0.4, 0.5) is 5.69 Å². The molecule has 2 aliphatic rings. The molecule has 0 saturated heterocycles. The highest BCUT2D eigenvalue weighted by atomic mass is 16.5. The normalized spacial score (nSPS) is 17.7. The maximum absolute atomic E-state index is 5.93. The van der Waals surface area contributed by atoms with E-state index in [4.69, 9.17) is 4.74 Å². The Labute approximate surface area is 102 Å². The Hall–Kier alpha value is -1.96. The van der Waals surface area contributed by atoms with Crippen molar-refractivity contribution in [2.45, 2.75) is 13.3 Å². The number of hydrogen-bond donors (Lipinski definition) is 0. The zero-order chi connectivity index (χ0) is 11.8. The minimum absolute atomic E-state index is 0.904. The highest BCUT2D eigenvalue weighted by molar-refractivity contribution is 5.69. The van der Waals surface area contributed by atoms with Gasteiger partial charge in [-0.2, -0.15) is 0 Å². The molecule has 0 spiro atoms. The lowest BCUT2D eigenvalue weighted by Gasteiger charge is -2.35. The second-order valence-electron chi connectivity index (χ2n) is 4.27. The summed E-state index contributed by atoms with van der Waals surface area (Å²) in [6.45, 7) is 7.09. The molecule has 2 heteroatoms. The third kappa shape index (κ3) is 1.57. The number of ether oxygens (including phenoxy) is 1. The summed E-state index contributed by atoms with van der Waals surface area (Å²) in [5, 5.41) is 0. The molecule has 0 fully saturated rings. The zero-order valence-corrected chi connectivity index (χ0v) is 9.94. The minimum Gasteiger partial charge on any atom is -0.453 e. The first-order valence-electron chi connectivity index (χ1n) is 5.94. The van der Waals surface area contributed by atoms with Crippen LogP contribution >= 0.6 is 0 Å². The first-order chi connectivity index (χ1) is 8.29. The van der Waals surface area contributed by atoms with E-state index in [0.29, 0.717) is 0 Å². The second kappa shape index (κ2) is 3.81. The molecule has 0 bridgehead atoms. The van der Waals surface area contributed by atoms with Gasteiger partial charge in [-0.25, -0.2) is 0 Å². The van der Waals surface area contributed by atoms with E-state index >= 15 is 0 Å². The molecular weight excluding hydrogens is 210 g/mol. The number of likely N-dealkylation sites (N-methyl/N-ethyl adjacent to an activating group) is 1. The Bertz CT molecular complexity index is 540. The summed E-state index contributed by atoms with van der Waals surface area (Å²) in [7, 11) is 0. The average Bonchev–Trinajstić information content (AvgIpc) is 2.35. The van der Waals surface area contributed by atoms with Crippen molar-refractivity contribution >= 4 is 5.69 Å². The number of rotatable bonds is 1. The molecule has 3 rings (SSSR count). The van der Waals surface area contributed by atoms with Crippen LogP contribution in [0.25, 0.3) is 0 Å². The lowest BCUT2D eigenvalue weighted by atomic mass is 10.0. The van der Waals surface area contributed by atoms with E-state index in [-0.39, 0.29) is 0 Å². The van der Waals surface area contributed by atoms with Gasteiger partial charge >= 0.3 is 0 Å². The molecule has 0 radical (unpaired) electrons. The van der Waals surface area contributed by atoms with Gasteiger partial charge in [0.1, 0.15) is 0 Å². The predicted octanol–water partition coefficient (Wildman–Crippen LogP) is 3.63. The maximum Gasteiger partial charge on any atom is 0.151 e. The van der Waals surface area contributed by atoms with Crippen LogP contribution < -0.4 is 9.64 Å². The van der Waals surface area contributed by atoms with Crippen LogP contribution in [-0.2, 0) is 0 Å². The molecule has 0 amide bonds. The largest absolute Gasteiger partial charge is 0.453 e. The van der Waals surface area contributed by atoms with E-state index in [9.17, 15) is 0 Å². The summed E-state index contributed by atoms with van der Waals surface area (Å²) in [6, 6.07) is 8.15. The maximum atomic E-state index is 5.93. The number of hydrogen-bond acceptors (Lipinski definition) is 2. The highest BCUT2D eigenvalue weighted by Crippen LogP contribution is 2.41. The summed E-state index contributed by atoms with van der Waals surface area (Å²) in [5.74, 6) is 1.84. The van der Waals surface area contributed by atoms with Crippen molar-refractivity contribution < 1.29 is 4.74 Å². The Morgan fingerprint density at radius 2 is 2.18 bits per heavy atom. The van der Waals surface area contributed by atoms with Gasteiger partial charge in [-0.05, 0) is 37.1 Å². The molecule has 0 N–H and O–H groups in total. The molecular formula is C15H15NO. The van der Waals surface area contributed by atoms with Gasteiger partial charge in [0.2, 0.25) is 0 Å². The van der Waals surface area contributed by atoms with E-state index in [0.717, 1.165) is 35.7 Å². The first kappa shape index (κ1) is 10.2. The number of benzene rings is 1. The van der Waals surface area contributed by atoms with Crippen LogP contribution in [0.2, 0.25) is 0 Å². The lowest BCUT2D eigenvalue weighted by Crippen LogP contribution is -2.30. The number of para-hydroxylation sites is 2. The van der Waals surface area contributed by atoms with Crippen molar-refractivity contribution in [1.29, 1.82) is 0 Å². The molecule has 1 heterocycles. The SMILES string of the molecule is C=C1C=C2Oc3ccccc3N(CC)C2=CC1. The first-order valence-corrected chi connectivity index (χ1v) is 5.94. The van der Waals surface area contributed by atoms with E-state index in [1.807, 2.05) is 24.3 Å². The van der Waals surface area contributed by atoms with Crippen LogP contribution in [-0.4, -0.2) is 6.54 Å². The Balaban J connectivity index is 2.14. The monoisotopic (exact) mass is 225 g/mol. The fourth-order valence-corrected chi connectivity index (χ4v) is 2.33. The summed E-state index contributed by atoms with van der Waals surface area (Å²) in [5.41, 5.74) is 3.41. The lowest BCUT2D eigenvalue weighted by molar-refractivity contribution is 0.416. The second-order valence-corrected chi connectivity index (χ2v) is 4.27. The van der Waals surface area contributed by atoms with Crippen LogP contribution in [0.1, 0.15) is 13.3 Å². The van der Waals surface area contributed by atoms with Gasteiger partial charge in [0.05, 0.1) is 11.4 Å². The molecule has 1 aromatic rings. The molecule has 1 aliphatic carbocycles. The molecule has 0 atom stereocenters. The van der Waals surface area contributed by atoms with Crippen LogP contribution in [0.3, 0.4) is 0 Å². The van der Waals surface area contributed by atoms with Crippen molar-refractivity contribution in [2.24, 2.45) is 0 Å². The Morgan fingerprint density at radius 1 is 1.35 bits per heavy atom. The zero-order valence-electron chi connectivity index (χ0n) is 9.94. The number of anilines is 1. The van der Waals surface area contributed by atoms with Gasteiger partial charge in [-0.3, -0.25) is 0 Å². The van der Waals surface area contributed by atoms with Crippen molar-refractivity contribution in [1.82, 2.24) is 0 Å². The summed E-state index contributed by atoms with van der Waals surface area (Å²) in [4.78, 5) is 2.29. The molecule has 1 aromatic carbocycles. The van der Waals surface area contributed by atoms with Crippen LogP contribution in [0.15, 0.2) is 60.0 Å². The Morgan fingerprint density at radius 3 is 3.00 bits per heavy atom. The van der Waals surface area contributed by atoms with Gasteiger partial charge < -0.3 is 9.64 Å². The molecule has 0 unspecified atom stereocenters. The Kier molecular flexibility index (Phi) is 2.29. The third-order valence-electron chi connectivity index (χ3n) is 3.13. The van der Waals surface area contributed by atoms with Gasteiger partial charge in [0.15, 0.2) is 11.5 Å². The van der Waals surface area contributed by atoms with E-state index in [2.05, 4.69) is 30.5 Å². The predicted molar refractivity (Wildman–Crippen MR) is 70.0 cm³/mol. The molecule has 17 heavy (non-hydrogen) atoms. The van der Waals surface area contributed by atoms with Crippen molar-refractivity contribution in [3.8, 4) is 5.75 Å². The van der Waals surface area contributed by atoms with E-state index in [1.165, 1.54) is 5.70 Å². The fraction of sp³-hybridized carbons (Fsp3) is 0.200. The number of fused-ring (bicyclic) bond motifs is 2. The van der Waals surface area contributed by atoms with E-state index < -0.39 is 0 Å². The number of nitrogens with zero attached hydrogens (tertiary/aromatic N) is 1. The average molecular weight is 225 g/mol. The van der Waals surface area contributed by atoms with E-state index in [1.54, 1.807) is 0 Å². The molecule has 0 saturated carbocycles. The summed E-state index contributed by atoms with van der Waals surface area (Å²) < 4.78 is 5.93.